The van der Waals surface area contributed by atoms with E-state index in [1.807, 2.05) is 6.92 Å². The fourth-order valence-corrected chi connectivity index (χ4v) is 1.10. The summed E-state index contributed by atoms with van der Waals surface area (Å²) in [6, 6.07) is -0.353. The maximum Gasteiger partial charge on any atom is 0.159 e. The van der Waals surface area contributed by atoms with Gasteiger partial charge in [0.2, 0.25) is 0 Å². The summed E-state index contributed by atoms with van der Waals surface area (Å²) in [6.07, 6.45) is 0. The van der Waals surface area contributed by atoms with Gasteiger partial charge in [0.1, 0.15) is 0 Å². The normalized spacial score (nSPS) is 25.1. The molecule has 0 amide bonds. The monoisotopic (exact) mass is 143 g/mol. The minimum absolute atomic E-state index is 0.110. The van der Waals surface area contributed by atoms with Crippen LogP contribution in [0.3, 0.4) is 0 Å². The maximum absolute atomic E-state index is 11.2. The second-order valence-electron chi connectivity index (χ2n) is 3.21. The molecule has 3 heteroatoms. The van der Waals surface area contributed by atoms with Gasteiger partial charge in [-0.3, -0.25) is 4.79 Å². The van der Waals surface area contributed by atoms with Gasteiger partial charge in [-0.2, -0.15) is 0 Å². The van der Waals surface area contributed by atoms with E-state index in [0.29, 0.717) is 13.2 Å². The molecule has 0 saturated carbocycles. The van der Waals surface area contributed by atoms with Crippen molar-refractivity contribution in [2.75, 3.05) is 13.2 Å². The first-order valence-corrected chi connectivity index (χ1v) is 3.44. The van der Waals surface area contributed by atoms with Gasteiger partial charge in [0, 0.05) is 0 Å². The van der Waals surface area contributed by atoms with E-state index in [0.717, 1.165) is 0 Å². The molecule has 1 atom stereocenters. The van der Waals surface area contributed by atoms with Crippen molar-refractivity contribution in [2.24, 2.45) is 11.1 Å². The van der Waals surface area contributed by atoms with Crippen LogP contribution in [0, 0.1) is 5.41 Å². The van der Waals surface area contributed by atoms with Crippen LogP contribution in [-0.2, 0) is 9.53 Å². The van der Waals surface area contributed by atoms with Crippen LogP contribution in [0.5, 0.6) is 0 Å². The number of hydrogen-bond donors (Lipinski definition) is 1. The van der Waals surface area contributed by atoms with Crippen molar-refractivity contribution in [3.63, 3.8) is 0 Å². The Labute approximate surface area is 60.5 Å². The number of hydrogen-bond acceptors (Lipinski definition) is 3. The highest BCUT2D eigenvalue weighted by Crippen LogP contribution is 2.28. The van der Waals surface area contributed by atoms with Crippen LogP contribution in [0.25, 0.3) is 0 Å². The van der Waals surface area contributed by atoms with Crippen molar-refractivity contribution in [1.29, 1.82) is 0 Å². The number of Topliss-reactive ketones (excluding diaryl/α,β-unsaturated/α-hetero) is 1. The summed E-state index contributed by atoms with van der Waals surface area (Å²) in [6.45, 7) is 4.68. The number of ketones is 1. The summed E-state index contributed by atoms with van der Waals surface area (Å²) >= 11 is 0. The molecule has 0 aromatic carbocycles. The zero-order valence-electron chi connectivity index (χ0n) is 6.39. The van der Waals surface area contributed by atoms with Crippen LogP contribution in [0.4, 0.5) is 0 Å². The number of ether oxygens (including phenoxy) is 1. The first kappa shape index (κ1) is 7.69. The van der Waals surface area contributed by atoms with Gasteiger partial charge < -0.3 is 10.5 Å². The summed E-state index contributed by atoms with van der Waals surface area (Å²) in [4.78, 5) is 11.2. The van der Waals surface area contributed by atoms with E-state index in [2.05, 4.69) is 0 Å². The third kappa shape index (κ3) is 1.07. The third-order valence-electron chi connectivity index (χ3n) is 1.85. The number of carbonyl (C=O) groups excluding carboxylic acids is 1. The molecule has 1 saturated heterocycles. The molecule has 1 unspecified atom stereocenters. The summed E-state index contributed by atoms with van der Waals surface area (Å²) in [5.74, 6) is 0.110. The zero-order valence-corrected chi connectivity index (χ0v) is 6.39. The van der Waals surface area contributed by atoms with Crippen LogP contribution in [0.15, 0.2) is 0 Å². The zero-order chi connectivity index (χ0) is 7.78. The lowest BCUT2D eigenvalue weighted by Crippen LogP contribution is -2.52. The predicted octanol–water partition coefficient (Wildman–Crippen LogP) is -0.0608. The molecule has 10 heavy (non-hydrogen) atoms. The van der Waals surface area contributed by atoms with Crippen LogP contribution < -0.4 is 5.73 Å². The van der Waals surface area contributed by atoms with Gasteiger partial charge in [-0.25, -0.2) is 0 Å². The van der Waals surface area contributed by atoms with Crippen LogP contribution in [0.2, 0.25) is 0 Å². The van der Waals surface area contributed by atoms with Crippen LogP contribution in [0.1, 0.15) is 13.8 Å². The predicted molar refractivity (Wildman–Crippen MR) is 37.6 cm³/mol. The lowest BCUT2D eigenvalue weighted by atomic mass is 9.81. The number of rotatable bonds is 2. The first-order chi connectivity index (χ1) is 4.56. The lowest BCUT2D eigenvalue weighted by molar-refractivity contribution is -0.156. The Kier molecular flexibility index (Phi) is 1.79. The molecule has 0 aromatic rings. The number of nitrogens with two attached hydrogens (primary N) is 1. The molecular weight excluding hydrogens is 130 g/mol. The molecule has 58 valence electrons. The Bertz CT molecular complexity index is 150. The summed E-state index contributed by atoms with van der Waals surface area (Å²) in [7, 11) is 0. The van der Waals surface area contributed by atoms with E-state index in [1.165, 1.54) is 0 Å². The Morgan fingerprint density at radius 3 is 2.30 bits per heavy atom. The van der Waals surface area contributed by atoms with Crippen molar-refractivity contribution in [3.05, 3.63) is 0 Å². The van der Waals surface area contributed by atoms with Gasteiger partial charge in [0.05, 0.1) is 24.7 Å². The van der Waals surface area contributed by atoms with E-state index >= 15 is 0 Å². The molecule has 1 aliphatic rings. The minimum atomic E-state index is -0.353. The average molecular weight is 143 g/mol. The average Bonchev–Trinajstić information content (AvgIpc) is 1.81. The largest absolute Gasteiger partial charge is 0.379 e. The van der Waals surface area contributed by atoms with Gasteiger partial charge in [0.25, 0.3) is 0 Å². The Hall–Kier alpha value is -0.410. The van der Waals surface area contributed by atoms with Crippen LogP contribution in [-0.4, -0.2) is 25.0 Å². The fraction of sp³-hybridized carbons (Fsp3) is 0.857. The van der Waals surface area contributed by atoms with Crippen molar-refractivity contribution in [2.45, 2.75) is 19.9 Å². The molecule has 0 bridgehead atoms. The highest BCUT2D eigenvalue weighted by Gasteiger charge is 2.41. The molecule has 2 N–H and O–H groups in total. The van der Waals surface area contributed by atoms with E-state index < -0.39 is 0 Å². The SMILES string of the molecule is CC(N)C(=O)C1(C)COC1. The highest BCUT2D eigenvalue weighted by molar-refractivity contribution is 5.89. The van der Waals surface area contributed by atoms with E-state index in [9.17, 15) is 4.79 Å². The molecule has 1 fully saturated rings. The standard InChI is InChI=1S/C7H13NO2/c1-5(8)6(9)7(2)3-10-4-7/h5H,3-4,8H2,1-2H3. The summed E-state index contributed by atoms with van der Waals surface area (Å²) in [5, 5.41) is 0. The molecule has 0 aromatic heterocycles. The van der Waals surface area contributed by atoms with Gasteiger partial charge >= 0.3 is 0 Å². The van der Waals surface area contributed by atoms with E-state index in [1.54, 1.807) is 6.92 Å². The van der Waals surface area contributed by atoms with Gasteiger partial charge in [-0.1, -0.05) is 0 Å². The van der Waals surface area contributed by atoms with Crippen molar-refractivity contribution < 1.29 is 9.53 Å². The molecular formula is C7H13NO2. The quantitative estimate of drug-likeness (QED) is 0.589. The van der Waals surface area contributed by atoms with Crippen molar-refractivity contribution in [1.82, 2.24) is 0 Å². The second-order valence-corrected chi connectivity index (χ2v) is 3.21. The smallest absolute Gasteiger partial charge is 0.159 e. The van der Waals surface area contributed by atoms with E-state index in [-0.39, 0.29) is 17.2 Å². The van der Waals surface area contributed by atoms with Gasteiger partial charge in [0.15, 0.2) is 5.78 Å². The molecule has 0 spiro atoms. The topological polar surface area (TPSA) is 52.3 Å². The second kappa shape index (κ2) is 2.32. The third-order valence-corrected chi connectivity index (χ3v) is 1.85. The molecule has 1 rings (SSSR count). The maximum atomic E-state index is 11.2. The molecule has 1 aliphatic heterocycles. The van der Waals surface area contributed by atoms with Gasteiger partial charge in [-0.15, -0.1) is 0 Å². The van der Waals surface area contributed by atoms with E-state index in [4.69, 9.17) is 10.5 Å². The van der Waals surface area contributed by atoms with Crippen molar-refractivity contribution in [3.8, 4) is 0 Å². The molecule has 3 nitrogen and oxygen atoms in total. The fourth-order valence-electron chi connectivity index (χ4n) is 1.10. The molecule has 0 radical (unpaired) electrons. The minimum Gasteiger partial charge on any atom is -0.379 e. The molecule has 0 aliphatic carbocycles. The first-order valence-electron chi connectivity index (χ1n) is 3.44. The van der Waals surface area contributed by atoms with Crippen molar-refractivity contribution >= 4 is 5.78 Å². The van der Waals surface area contributed by atoms with Crippen LogP contribution >= 0.6 is 0 Å². The molecule has 1 heterocycles. The Balaban J connectivity index is 2.55. The summed E-state index contributed by atoms with van der Waals surface area (Å²) in [5.41, 5.74) is 5.14. The summed E-state index contributed by atoms with van der Waals surface area (Å²) < 4.78 is 4.93. The number of carbonyl (C=O) groups is 1. The highest BCUT2D eigenvalue weighted by atomic mass is 16.5. The Morgan fingerprint density at radius 1 is 1.70 bits per heavy atom. The Morgan fingerprint density at radius 2 is 2.20 bits per heavy atom. The lowest BCUT2D eigenvalue weighted by Gasteiger charge is -2.37. The van der Waals surface area contributed by atoms with Gasteiger partial charge in [-0.05, 0) is 13.8 Å².